The number of fused-ring (bicyclic) bond motifs is 1. The third-order valence-electron chi connectivity index (χ3n) is 6.40. The van der Waals surface area contributed by atoms with Crippen LogP contribution in [0, 0.1) is 0 Å². The lowest BCUT2D eigenvalue weighted by atomic mass is 10.0. The normalized spacial score (nSPS) is 15.2. The molecule has 0 saturated carbocycles. The van der Waals surface area contributed by atoms with E-state index in [0.717, 1.165) is 12.1 Å². The van der Waals surface area contributed by atoms with Gasteiger partial charge in [0.05, 0.1) is 23.0 Å². The van der Waals surface area contributed by atoms with Crippen LogP contribution in [0.15, 0.2) is 53.3 Å². The highest BCUT2D eigenvalue weighted by Gasteiger charge is 2.31. The van der Waals surface area contributed by atoms with Gasteiger partial charge in [-0.3, -0.25) is 18.7 Å². The number of piperidine rings is 1. The van der Waals surface area contributed by atoms with Crippen molar-refractivity contribution in [2.45, 2.75) is 64.4 Å². The molecular weight excluding hydrogens is 487 g/mol. The molecule has 0 spiro atoms. The second-order valence-electron chi connectivity index (χ2n) is 10.3. The number of rotatable bonds is 5. The highest BCUT2D eigenvalue weighted by Crippen LogP contribution is 2.30. The molecule has 1 saturated heterocycles. The van der Waals surface area contributed by atoms with Crippen LogP contribution in [0.4, 0.5) is 13.2 Å². The van der Waals surface area contributed by atoms with E-state index in [9.17, 15) is 27.6 Å². The zero-order valence-corrected chi connectivity index (χ0v) is 21.0. The van der Waals surface area contributed by atoms with Crippen molar-refractivity contribution in [1.82, 2.24) is 14.0 Å². The molecule has 2 aromatic carbocycles. The van der Waals surface area contributed by atoms with Gasteiger partial charge in [-0.05, 0) is 63.4 Å². The van der Waals surface area contributed by atoms with Gasteiger partial charge in [0, 0.05) is 19.1 Å². The van der Waals surface area contributed by atoms with Gasteiger partial charge in [-0.1, -0.05) is 24.3 Å². The number of esters is 1. The van der Waals surface area contributed by atoms with Crippen LogP contribution in [0.5, 0.6) is 0 Å². The van der Waals surface area contributed by atoms with Crippen molar-refractivity contribution in [3.63, 3.8) is 0 Å². The van der Waals surface area contributed by atoms with Crippen molar-refractivity contribution in [2.24, 2.45) is 0 Å². The zero-order chi connectivity index (χ0) is 27.0. The molecule has 3 aromatic rings. The van der Waals surface area contributed by atoms with Gasteiger partial charge in [-0.15, -0.1) is 0 Å². The maximum Gasteiger partial charge on any atom is 0.416 e. The van der Waals surface area contributed by atoms with Gasteiger partial charge in [0.1, 0.15) is 12.1 Å². The van der Waals surface area contributed by atoms with Crippen LogP contribution < -0.4 is 5.69 Å². The van der Waals surface area contributed by atoms with Crippen LogP contribution in [0.2, 0.25) is 0 Å². The monoisotopic (exact) mass is 517 g/mol. The van der Waals surface area contributed by atoms with Crippen LogP contribution in [-0.4, -0.2) is 44.6 Å². The first-order chi connectivity index (χ1) is 17.3. The highest BCUT2D eigenvalue weighted by molar-refractivity contribution is 5.80. The second-order valence-corrected chi connectivity index (χ2v) is 10.3. The van der Waals surface area contributed by atoms with Crippen molar-refractivity contribution in [3.05, 3.63) is 70.1 Å². The number of amides is 1. The van der Waals surface area contributed by atoms with Crippen LogP contribution in [0.25, 0.3) is 11.0 Å². The van der Waals surface area contributed by atoms with Crippen LogP contribution >= 0.6 is 0 Å². The number of imidazole rings is 1. The molecule has 1 amide bonds. The summed E-state index contributed by atoms with van der Waals surface area (Å²) in [7, 11) is 0. The van der Waals surface area contributed by atoms with Gasteiger partial charge in [0.15, 0.2) is 0 Å². The molecule has 4 rings (SSSR count). The summed E-state index contributed by atoms with van der Waals surface area (Å²) >= 11 is 0. The number of alkyl halides is 3. The van der Waals surface area contributed by atoms with E-state index in [2.05, 4.69) is 0 Å². The average molecular weight is 518 g/mol. The first-order valence-electron chi connectivity index (χ1n) is 12.2. The lowest BCUT2D eigenvalue weighted by molar-refractivity contribution is -0.155. The number of ether oxygens (including phenoxy) is 1. The molecule has 0 atom stereocenters. The molecule has 1 fully saturated rings. The maximum atomic E-state index is 13.4. The molecule has 1 aliphatic heterocycles. The summed E-state index contributed by atoms with van der Waals surface area (Å²) in [6, 6.07) is 11.7. The first-order valence-corrected chi connectivity index (χ1v) is 12.2. The third-order valence-corrected chi connectivity index (χ3v) is 6.40. The minimum Gasteiger partial charge on any atom is -0.459 e. The minimum absolute atomic E-state index is 0.0119. The lowest BCUT2D eigenvalue weighted by Crippen LogP contribution is -2.41. The van der Waals surface area contributed by atoms with E-state index in [1.807, 2.05) is 12.1 Å². The maximum absolute atomic E-state index is 13.4. The highest BCUT2D eigenvalue weighted by atomic mass is 19.4. The summed E-state index contributed by atoms with van der Waals surface area (Å²) in [6.45, 7) is 5.94. The molecule has 0 bridgehead atoms. The second kappa shape index (κ2) is 10.1. The Kier molecular flexibility index (Phi) is 7.21. The number of benzene rings is 2. The van der Waals surface area contributed by atoms with Crippen molar-refractivity contribution < 1.29 is 27.5 Å². The fourth-order valence-electron chi connectivity index (χ4n) is 4.71. The van der Waals surface area contributed by atoms with Crippen molar-refractivity contribution in [1.29, 1.82) is 0 Å². The predicted molar refractivity (Wildman–Crippen MR) is 132 cm³/mol. The standard InChI is InChI=1S/C27H30F3N3O4/c1-26(2,3)37-24(35)17-32-21-6-4-5-7-22(21)33(25(32)36)20-12-14-31(15-13-20)23(34)16-18-8-10-19(11-9-18)27(28,29)30/h4-11,20H,12-17H2,1-3H3. The smallest absolute Gasteiger partial charge is 0.416 e. The average Bonchev–Trinajstić information content (AvgIpc) is 3.09. The number of hydrogen-bond donors (Lipinski definition) is 0. The van der Waals surface area contributed by atoms with Gasteiger partial charge in [-0.2, -0.15) is 13.2 Å². The Labute approximate surface area is 212 Å². The largest absolute Gasteiger partial charge is 0.459 e. The number of nitrogens with zero attached hydrogens (tertiary/aromatic N) is 3. The number of likely N-dealkylation sites (tertiary alicyclic amines) is 1. The summed E-state index contributed by atoms with van der Waals surface area (Å²) in [5.41, 5.74) is 0.146. The molecule has 0 unspecified atom stereocenters. The zero-order valence-electron chi connectivity index (χ0n) is 21.0. The molecular formula is C27H30F3N3O4. The van der Waals surface area contributed by atoms with E-state index in [4.69, 9.17) is 4.74 Å². The SMILES string of the molecule is CC(C)(C)OC(=O)Cn1c(=O)n(C2CCN(C(=O)Cc3ccc(C(F)(F)F)cc3)CC2)c2ccccc21. The van der Waals surface area contributed by atoms with Gasteiger partial charge in [0.25, 0.3) is 0 Å². The molecule has 1 aliphatic rings. The number of carbonyl (C=O) groups is 2. The Bertz CT molecular complexity index is 1340. The number of aromatic nitrogens is 2. The fraction of sp³-hybridized carbons (Fsp3) is 0.444. The molecule has 1 aromatic heterocycles. The van der Waals surface area contributed by atoms with Crippen LogP contribution in [0.3, 0.4) is 0 Å². The van der Waals surface area contributed by atoms with Gasteiger partial charge < -0.3 is 9.64 Å². The van der Waals surface area contributed by atoms with E-state index < -0.39 is 23.3 Å². The van der Waals surface area contributed by atoms with Crippen molar-refractivity contribution in [2.75, 3.05) is 13.1 Å². The Hall–Kier alpha value is -3.56. The Balaban J connectivity index is 1.46. The van der Waals surface area contributed by atoms with Crippen LogP contribution in [0.1, 0.15) is 50.8 Å². The molecule has 0 aliphatic carbocycles. The quantitative estimate of drug-likeness (QED) is 0.465. The van der Waals surface area contributed by atoms with Gasteiger partial charge in [0.2, 0.25) is 5.91 Å². The molecule has 7 nitrogen and oxygen atoms in total. The molecule has 2 heterocycles. The van der Waals surface area contributed by atoms with Crippen molar-refractivity contribution >= 4 is 22.9 Å². The predicted octanol–water partition coefficient (Wildman–Crippen LogP) is 4.57. The van der Waals surface area contributed by atoms with Gasteiger partial charge in [-0.25, -0.2) is 4.79 Å². The summed E-state index contributed by atoms with van der Waals surface area (Å²) in [5, 5.41) is 0. The topological polar surface area (TPSA) is 73.5 Å². The van der Waals surface area contributed by atoms with Gasteiger partial charge >= 0.3 is 17.8 Å². The Morgan fingerprint density at radius 1 is 0.946 bits per heavy atom. The summed E-state index contributed by atoms with van der Waals surface area (Å²) in [5.74, 6) is -0.668. The van der Waals surface area contributed by atoms with E-state index in [1.54, 1.807) is 42.4 Å². The van der Waals surface area contributed by atoms with Crippen LogP contribution in [-0.2, 0) is 33.5 Å². The van der Waals surface area contributed by atoms with E-state index in [1.165, 1.54) is 16.7 Å². The molecule has 37 heavy (non-hydrogen) atoms. The summed E-state index contributed by atoms with van der Waals surface area (Å²) in [4.78, 5) is 40.3. The lowest BCUT2D eigenvalue weighted by Gasteiger charge is -2.32. The molecule has 10 heteroatoms. The number of halogens is 3. The Morgan fingerprint density at radius 2 is 1.54 bits per heavy atom. The minimum atomic E-state index is -4.42. The Morgan fingerprint density at radius 3 is 2.11 bits per heavy atom. The fourth-order valence-corrected chi connectivity index (χ4v) is 4.71. The van der Waals surface area contributed by atoms with E-state index in [-0.39, 0.29) is 30.6 Å². The molecule has 0 radical (unpaired) electrons. The summed E-state index contributed by atoms with van der Waals surface area (Å²) < 4.78 is 46.9. The van der Waals surface area contributed by atoms with E-state index in [0.29, 0.717) is 42.5 Å². The number of carbonyl (C=O) groups excluding carboxylic acids is 2. The summed E-state index contributed by atoms with van der Waals surface area (Å²) in [6.07, 6.45) is -3.32. The number of para-hydroxylation sites is 2. The number of hydrogen-bond acceptors (Lipinski definition) is 4. The van der Waals surface area contributed by atoms with E-state index >= 15 is 0 Å². The first kappa shape index (κ1) is 26.5. The van der Waals surface area contributed by atoms with Crippen molar-refractivity contribution in [3.8, 4) is 0 Å². The molecule has 0 N–H and O–H groups in total. The molecule has 198 valence electrons. The third kappa shape index (κ3) is 6.06.